The number of aliphatic carboxylic acids is 1. The summed E-state index contributed by atoms with van der Waals surface area (Å²) in [4.78, 5) is 15.6. The van der Waals surface area contributed by atoms with Crippen molar-refractivity contribution in [3.63, 3.8) is 0 Å². The maximum absolute atomic E-state index is 11.4. The quantitative estimate of drug-likeness (QED) is 0.828. The molecule has 0 aliphatic heterocycles. The molecule has 0 amide bonds. The third-order valence-electron chi connectivity index (χ3n) is 3.28. The van der Waals surface area contributed by atoms with Crippen LogP contribution in [-0.4, -0.2) is 20.6 Å². The lowest BCUT2D eigenvalue weighted by Crippen LogP contribution is -2.41. The van der Waals surface area contributed by atoms with Gasteiger partial charge >= 0.3 is 5.97 Å². The smallest absolute Gasteiger partial charge is 0.329 e. The van der Waals surface area contributed by atoms with E-state index in [1.165, 1.54) is 0 Å². The zero-order valence-corrected chi connectivity index (χ0v) is 9.74. The van der Waals surface area contributed by atoms with Gasteiger partial charge in [0.05, 0.1) is 12.0 Å². The molecular weight excluding hydrogens is 192 g/mol. The van der Waals surface area contributed by atoms with Crippen molar-refractivity contribution in [3.8, 4) is 0 Å². The molecule has 0 fully saturated rings. The molecule has 1 aromatic rings. The number of imidazole rings is 1. The molecule has 0 saturated heterocycles. The molecule has 4 nitrogen and oxygen atoms in total. The molecule has 15 heavy (non-hydrogen) atoms. The van der Waals surface area contributed by atoms with Crippen LogP contribution in [0.1, 0.15) is 38.1 Å². The number of rotatable bonds is 4. The van der Waals surface area contributed by atoms with E-state index < -0.39 is 11.5 Å². The molecule has 0 radical (unpaired) electrons. The first kappa shape index (κ1) is 11.8. The van der Waals surface area contributed by atoms with Gasteiger partial charge in [-0.15, -0.1) is 0 Å². The number of carboxylic acid groups (broad SMARTS) is 1. The van der Waals surface area contributed by atoms with Gasteiger partial charge in [0.1, 0.15) is 5.54 Å². The summed E-state index contributed by atoms with van der Waals surface area (Å²) in [6, 6.07) is 0. The largest absolute Gasteiger partial charge is 0.479 e. The van der Waals surface area contributed by atoms with Crippen molar-refractivity contribution in [2.24, 2.45) is 0 Å². The molecule has 0 aliphatic carbocycles. The number of carbonyl (C=O) groups is 1. The highest BCUT2D eigenvalue weighted by Crippen LogP contribution is 2.27. The second kappa shape index (κ2) is 4.04. The highest BCUT2D eigenvalue weighted by Gasteiger charge is 2.37. The van der Waals surface area contributed by atoms with Crippen molar-refractivity contribution in [2.75, 3.05) is 0 Å². The normalized spacial score (nSPS) is 11.7. The first-order valence-corrected chi connectivity index (χ1v) is 5.24. The molecule has 1 heterocycles. The van der Waals surface area contributed by atoms with Gasteiger partial charge in [0.15, 0.2) is 0 Å². The van der Waals surface area contributed by atoms with Crippen LogP contribution in [0, 0.1) is 13.8 Å². The highest BCUT2D eigenvalue weighted by atomic mass is 16.4. The van der Waals surface area contributed by atoms with Gasteiger partial charge in [-0.2, -0.15) is 0 Å². The summed E-state index contributed by atoms with van der Waals surface area (Å²) in [5, 5.41) is 9.36. The molecule has 0 aliphatic rings. The van der Waals surface area contributed by atoms with Crippen molar-refractivity contribution in [3.05, 3.63) is 17.7 Å². The van der Waals surface area contributed by atoms with Crippen LogP contribution >= 0.6 is 0 Å². The first-order valence-electron chi connectivity index (χ1n) is 5.24. The summed E-state index contributed by atoms with van der Waals surface area (Å²) >= 11 is 0. The van der Waals surface area contributed by atoms with Crippen LogP contribution in [0.15, 0.2) is 6.33 Å². The molecule has 4 heteroatoms. The first-order chi connectivity index (χ1) is 6.99. The monoisotopic (exact) mass is 210 g/mol. The van der Waals surface area contributed by atoms with Gasteiger partial charge in [-0.1, -0.05) is 13.8 Å². The molecule has 1 N–H and O–H groups in total. The minimum absolute atomic E-state index is 0.565. The Kier molecular flexibility index (Phi) is 3.17. The zero-order chi connectivity index (χ0) is 11.6. The molecule has 0 aromatic carbocycles. The molecule has 1 rings (SSSR count). The zero-order valence-electron chi connectivity index (χ0n) is 9.74. The summed E-state index contributed by atoms with van der Waals surface area (Å²) in [6.45, 7) is 7.59. The number of nitrogens with zero attached hydrogens (tertiary/aromatic N) is 2. The Morgan fingerprint density at radius 1 is 1.47 bits per heavy atom. The van der Waals surface area contributed by atoms with Crippen LogP contribution in [0.4, 0.5) is 0 Å². The van der Waals surface area contributed by atoms with E-state index in [1.807, 2.05) is 27.7 Å². The lowest BCUT2D eigenvalue weighted by atomic mass is 9.92. The van der Waals surface area contributed by atoms with Gasteiger partial charge in [-0.3, -0.25) is 0 Å². The second-order valence-corrected chi connectivity index (χ2v) is 3.83. The molecule has 0 spiro atoms. The molecule has 84 valence electrons. The minimum Gasteiger partial charge on any atom is -0.479 e. The van der Waals surface area contributed by atoms with Gasteiger partial charge in [0.2, 0.25) is 0 Å². The van der Waals surface area contributed by atoms with Crippen LogP contribution in [0.3, 0.4) is 0 Å². The fraction of sp³-hybridized carbons (Fsp3) is 0.636. The fourth-order valence-corrected chi connectivity index (χ4v) is 1.93. The Morgan fingerprint density at radius 2 is 2.00 bits per heavy atom. The van der Waals surface area contributed by atoms with E-state index in [2.05, 4.69) is 4.98 Å². The molecule has 0 atom stereocenters. The van der Waals surface area contributed by atoms with Crippen LogP contribution in [0.2, 0.25) is 0 Å². The number of aromatic nitrogens is 2. The SMILES string of the molecule is CCC(CC)(C(=O)O)n1cnc(C)c1C. The average Bonchev–Trinajstić information content (AvgIpc) is 2.52. The van der Waals surface area contributed by atoms with Gasteiger partial charge in [0, 0.05) is 5.69 Å². The number of hydrogen-bond acceptors (Lipinski definition) is 2. The van der Waals surface area contributed by atoms with Crippen molar-refractivity contribution >= 4 is 5.97 Å². The van der Waals surface area contributed by atoms with E-state index in [0.717, 1.165) is 11.4 Å². The molecule has 0 saturated carbocycles. The second-order valence-electron chi connectivity index (χ2n) is 3.83. The number of carboxylic acids is 1. The van der Waals surface area contributed by atoms with E-state index in [0.29, 0.717) is 12.8 Å². The number of hydrogen-bond donors (Lipinski definition) is 1. The van der Waals surface area contributed by atoms with E-state index >= 15 is 0 Å². The Bertz CT molecular complexity index is 365. The fourth-order valence-electron chi connectivity index (χ4n) is 1.93. The van der Waals surface area contributed by atoms with E-state index in [4.69, 9.17) is 0 Å². The predicted octanol–water partition coefficient (Wildman–Crippen LogP) is 2.10. The van der Waals surface area contributed by atoms with E-state index in [-0.39, 0.29) is 0 Å². The van der Waals surface area contributed by atoms with Gasteiger partial charge in [-0.25, -0.2) is 9.78 Å². The average molecular weight is 210 g/mol. The lowest BCUT2D eigenvalue weighted by Gasteiger charge is -2.29. The van der Waals surface area contributed by atoms with Gasteiger partial charge < -0.3 is 9.67 Å². The maximum atomic E-state index is 11.4. The highest BCUT2D eigenvalue weighted by molar-refractivity contribution is 5.76. The topological polar surface area (TPSA) is 55.1 Å². The summed E-state index contributed by atoms with van der Waals surface area (Å²) in [7, 11) is 0. The van der Waals surface area contributed by atoms with Gasteiger partial charge in [-0.05, 0) is 26.7 Å². The van der Waals surface area contributed by atoms with Crippen LogP contribution < -0.4 is 0 Å². The Morgan fingerprint density at radius 3 is 2.27 bits per heavy atom. The minimum atomic E-state index is -0.842. The van der Waals surface area contributed by atoms with Gasteiger partial charge in [0.25, 0.3) is 0 Å². The molecule has 0 unspecified atom stereocenters. The van der Waals surface area contributed by atoms with Crippen LogP contribution in [0.5, 0.6) is 0 Å². The van der Waals surface area contributed by atoms with Crippen molar-refractivity contribution in [1.82, 2.24) is 9.55 Å². The van der Waals surface area contributed by atoms with E-state index in [1.54, 1.807) is 10.9 Å². The third kappa shape index (κ3) is 1.64. The summed E-state index contributed by atoms with van der Waals surface area (Å²) in [5.41, 5.74) is 0.981. The number of aryl methyl sites for hydroxylation is 1. The Hall–Kier alpha value is -1.32. The van der Waals surface area contributed by atoms with Crippen LogP contribution in [0.25, 0.3) is 0 Å². The molecule has 1 aromatic heterocycles. The Labute approximate surface area is 89.9 Å². The lowest BCUT2D eigenvalue weighted by molar-refractivity contribution is -0.148. The van der Waals surface area contributed by atoms with Crippen molar-refractivity contribution < 1.29 is 9.90 Å². The summed E-state index contributed by atoms with van der Waals surface area (Å²) in [5.74, 6) is -0.784. The summed E-state index contributed by atoms with van der Waals surface area (Å²) in [6.07, 6.45) is 2.76. The molecule has 0 bridgehead atoms. The Balaban J connectivity index is 3.32. The van der Waals surface area contributed by atoms with Crippen LogP contribution in [-0.2, 0) is 10.3 Å². The maximum Gasteiger partial charge on any atom is 0.329 e. The van der Waals surface area contributed by atoms with Crippen molar-refractivity contribution in [1.29, 1.82) is 0 Å². The predicted molar refractivity (Wildman–Crippen MR) is 57.9 cm³/mol. The molecular formula is C11H18N2O2. The third-order valence-corrected chi connectivity index (χ3v) is 3.28. The summed E-state index contributed by atoms with van der Waals surface area (Å²) < 4.78 is 1.78. The van der Waals surface area contributed by atoms with E-state index in [9.17, 15) is 9.90 Å². The van der Waals surface area contributed by atoms with Crippen molar-refractivity contribution in [2.45, 2.75) is 46.1 Å². The standard InChI is InChI=1S/C11H18N2O2/c1-5-11(6-2,10(14)15)13-7-12-8(3)9(13)4/h7H,5-6H2,1-4H3,(H,14,15).